The normalized spacial score (nSPS) is 12.2. The molecule has 1 aromatic heterocycles. The van der Waals surface area contributed by atoms with Crippen LogP contribution in [0.5, 0.6) is 0 Å². The first-order chi connectivity index (χ1) is 8.16. The van der Waals surface area contributed by atoms with Gasteiger partial charge in [-0.2, -0.15) is 0 Å². The van der Waals surface area contributed by atoms with Crippen LogP contribution in [0, 0.1) is 5.82 Å². The summed E-state index contributed by atoms with van der Waals surface area (Å²) in [6, 6.07) is 6.29. The lowest BCUT2D eigenvalue weighted by Gasteiger charge is -2.15. The van der Waals surface area contributed by atoms with Crippen molar-refractivity contribution in [1.82, 2.24) is 9.97 Å². The number of anilines is 1. The first-order valence-electron chi connectivity index (χ1n) is 5.14. The van der Waals surface area contributed by atoms with Gasteiger partial charge < -0.3 is 5.32 Å². The molecule has 1 heterocycles. The summed E-state index contributed by atoms with van der Waals surface area (Å²) in [5, 5.41) is 3.60. The molecule has 88 valence electrons. The molecule has 0 aliphatic rings. The van der Waals surface area contributed by atoms with Crippen LogP contribution in [0.15, 0.2) is 36.8 Å². The van der Waals surface area contributed by atoms with Crippen LogP contribution in [0.1, 0.15) is 18.5 Å². The fourth-order valence-electron chi connectivity index (χ4n) is 1.46. The van der Waals surface area contributed by atoms with Gasteiger partial charge in [-0.1, -0.05) is 23.7 Å². The minimum Gasteiger partial charge on any atom is -0.362 e. The van der Waals surface area contributed by atoms with E-state index in [1.165, 1.54) is 24.7 Å². The SMILES string of the molecule is CC(Nc1ncncc1Cl)c1ccc(F)cc1. The van der Waals surface area contributed by atoms with Crippen LogP contribution in [-0.4, -0.2) is 9.97 Å². The van der Waals surface area contributed by atoms with E-state index < -0.39 is 0 Å². The molecule has 17 heavy (non-hydrogen) atoms. The van der Waals surface area contributed by atoms with E-state index in [9.17, 15) is 4.39 Å². The Kier molecular flexibility index (Phi) is 3.54. The summed E-state index contributed by atoms with van der Waals surface area (Å²) < 4.78 is 12.8. The van der Waals surface area contributed by atoms with Crippen molar-refractivity contribution in [1.29, 1.82) is 0 Å². The van der Waals surface area contributed by atoms with Crippen LogP contribution in [-0.2, 0) is 0 Å². The Balaban J connectivity index is 2.14. The highest BCUT2D eigenvalue weighted by atomic mass is 35.5. The number of nitrogens with one attached hydrogen (secondary N) is 1. The molecule has 1 atom stereocenters. The molecule has 0 saturated heterocycles. The standard InChI is InChI=1S/C12H11ClFN3/c1-8(9-2-4-10(14)5-3-9)17-12-11(13)6-15-7-16-12/h2-8H,1H3,(H,15,16,17). The maximum Gasteiger partial charge on any atom is 0.148 e. The van der Waals surface area contributed by atoms with Gasteiger partial charge >= 0.3 is 0 Å². The summed E-state index contributed by atoms with van der Waals surface area (Å²) in [5.41, 5.74) is 0.959. The second-order valence-electron chi connectivity index (χ2n) is 3.64. The Morgan fingerprint density at radius 3 is 2.65 bits per heavy atom. The Bertz CT molecular complexity index is 501. The van der Waals surface area contributed by atoms with Gasteiger partial charge in [0.25, 0.3) is 0 Å². The predicted molar refractivity (Wildman–Crippen MR) is 65.5 cm³/mol. The van der Waals surface area contributed by atoms with Crippen molar-refractivity contribution < 1.29 is 4.39 Å². The molecule has 0 fully saturated rings. The first-order valence-corrected chi connectivity index (χ1v) is 5.52. The van der Waals surface area contributed by atoms with Gasteiger partial charge in [-0.05, 0) is 24.6 Å². The fraction of sp³-hybridized carbons (Fsp3) is 0.167. The summed E-state index contributed by atoms with van der Waals surface area (Å²) in [6.45, 7) is 1.95. The van der Waals surface area contributed by atoms with Crippen LogP contribution in [0.2, 0.25) is 5.02 Å². The van der Waals surface area contributed by atoms with Crippen molar-refractivity contribution in [2.24, 2.45) is 0 Å². The van der Waals surface area contributed by atoms with Crippen molar-refractivity contribution in [3.8, 4) is 0 Å². The third kappa shape index (κ3) is 2.91. The van der Waals surface area contributed by atoms with Gasteiger partial charge in [0, 0.05) is 6.04 Å². The Labute approximate surface area is 104 Å². The molecule has 1 N–H and O–H groups in total. The van der Waals surface area contributed by atoms with Crippen molar-refractivity contribution in [3.63, 3.8) is 0 Å². The number of hydrogen-bond donors (Lipinski definition) is 1. The second kappa shape index (κ2) is 5.10. The van der Waals surface area contributed by atoms with Gasteiger partial charge in [-0.3, -0.25) is 0 Å². The number of hydrogen-bond acceptors (Lipinski definition) is 3. The molecule has 5 heteroatoms. The van der Waals surface area contributed by atoms with Crippen molar-refractivity contribution in [2.45, 2.75) is 13.0 Å². The summed E-state index contributed by atoms with van der Waals surface area (Å²) in [7, 11) is 0. The highest BCUT2D eigenvalue weighted by Gasteiger charge is 2.08. The topological polar surface area (TPSA) is 37.8 Å². The number of aromatic nitrogens is 2. The van der Waals surface area contributed by atoms with Crippen molar-refractivity contribution >= 4 is 17.4 Å². The van der Waals surface area contributed by atoms with E-state index in [-0.39, 0.29) is 11.9 Å². The Morgan fingerprint density at radius 2 is 2.00 bits per heavy atom. The van der Waals surface area contributed by atoms with E-state index in [4.69, 9.17) is 11.6 Å². The maximum atomic E-state index is 12.8. The monoisotopic (exact) mass is 251 g/mol. The zero-order chi connectivity index (χ0) is 12.3. The lowest BCUT2D eigenvalue weighted by atomic mass is 10.1. The molecule has 2 rings (SSSR count). The molecule has 2 aromatic rings. The maximum absolute atomic E-state index is 12.8. The zero-order valence-electron chi connectivity index (χ0n) is 9.19. The van der Waals surface area contributed by atoms with E-state index in [0.29, 0.717) is 10.8 Å². The Hall–Kier alpha value is -1.68. The van der Waals surface area contributed by atoms with E-state index in [1.54, 1.807) is 12.1 Å². The fourth-order valence-corrected chi connectivity index (χ4v) is 1.62. The molecular formula is C12H11ClFN3. The van der Waals surface area contributed by atoms with Crippen LogP contribution < -0.4 is 5.32 Å². The minimum absolute atomic E-state index is 0.0111. The van der Waals surface area contributed by atoms with Crippen LogP contribution in [0.3, 0.4) is 0 Å². The van der Waals surface area contributed by atoms with E-state index >= 15 is 0 Å². The molecule has 0 bridgehead atoms. The lowest BCUT2D eigenvalue weighted by molar-refractivity contribution is 0.626. The molecule has 0 saturated carbocycles. The largest absolute Gasteiger partial charge is 0.362 e. The third-order valence-electron chi connectivity index (χ3n) is 2.39. The predicted octanol–water partition coefficient (Wildman–Crippen LogP) is 3.44. The van der Waals surface area contributed by atoms with Gasteiger partial charge in [0.15, 0.2) is 0 Å². The van der Waals surface area contributed by atoms with E-state index in [0.717, 1.165) is 5.56 Å². The van der Waals surface area contributed by atoms with Crippen molar-refractivity contribution in [3.05, 3.63) is 53.2 Å². The van der Waals surface area contributed by atoms with Crippen LogP contribution >= 0.6 is 11.6 Å². The van der Waals surface area contributed by atoms with Gasteiger partial charge in [0.2, 0.25) is 0 Å². The molecule has 0 radical (unpaired) electrons. The van der Waals surface area contributed by atoms with Gasteiger partial charge in [-0.15, -0.1) is 0 Å². The van der Waals surface area contributed by atoms with E-state index in [1.807, 2.05) is 6.92 Å². The van der Waals surface area contributed by atoms with Gasteiger partial charge in [-0.25, -0.2) is 14.4 Å². The molecule has 0 amide bonds. The summed E-state index contributed by atoms with van der Waals surface area (Å²) >= 11 is 5.93. The molecule has 0 aliphatic carbocycles. The molecule has 3 nitrogen and oxygen atoms in total. The highest BCUT2D eigenvalue weighted by molar-refractivity contribution is 6.32. The average Bonchev–Trinajstić information content (AvgIpc) is 2.33. The molecular weight excluding hydrogens is 241 g/mol. The van der Waals surface area contributed by atoms with E-state index in [2.05, 4.69) is 15.3 Å². The summed E-state index contributed by atoms with van der Waals surface area (Å²) in [5.74, 6) is 0.319. The van der Waals surface area contributed by atoms with Gasteiger partial charge in [0.05, 0.1) is 6.20 Å². The molecule has 1 aromatic carbocycles. The van der Waals surface area contributed by atoms with Crippen molar-refractivity contribution in [2.75, 3.05) is 5.32 Å². The Morgan fingerprint density at radius 1 is 1.29 bits per heavy atom. The average molecular weight is 252 g/mol. The minimum atomic E-state index is -0.249. The number of benzene rings is 1. The lowest BCUT2D eigenvalue weighted by Crippen LogP contribution is -2.08. The number of nitrogens with zero attached hydrogens (tertiary/aromatic N) is 2. The van der Waals surface area contributed by atoms with Crippen LogP contribution in [0.4, 0.5) is 10.2 Å². The third-order valence-corrected chi connectivity index (χ3v) is 2.67. The number of rotatable bonds is 3. The van der Waals surface area contributed by atoms with Gasteiger partial charge in [0.1, 0.15) is 23.0 Å². The highest BCUT2D eigenvalue weighted by Crippen LogP contribution is 2.22. The summed E-state index contributed by atoms with van der Waals surface area (Å²) in [4.78, 5) is 7.84. The summed E-state index contributed by atoms with van der Waals surface area (Å²) in [6.07, 6.45) is 2.94. The molecule has 0 aliphatic heterocycles. The first kappa shape index (κ1) is 11.8. The zero-order valence-corrected chi connectivity index (χ0v) is 9.95. The number of halogens is 2. The second-order valence-corrected chi connectivity index (χ2v) is 4.04. The smallest absolute Gasteiger partial charge is 0.148 e. The van der Waals surface area contributed by atoms with Crippen LogP contribution in [0.25, 0.3) is 0 Å². The quantitative estimate of drug-likeness (QED) is 0.908. The molecule has 0 spiro atoms. The molecule has 1 unspecified atom stereocenters.